The van der Waals surface area contributed by atoms with Crippen LogP contribution < -0.4 is 15.4 Å². The molecule has 25 heavy (non-hydrogen) atoms. The van der Waals surface area contributed by atoms with Gasteiger partial charge >= 0.3 is 0 Å². The van der Waals surface area contributed by atoms with Gasteiger partial charge in [0.05, 0.1) is 16.3 Å². The van der Waals surface area contributed by atoms with E-state index >= 15 is 0 Å². The molecule has 3 N–H and O–H groups in total. The Morgan fingerprint density at radius 3 is 2.28 bits per heavy atom. The summed E-state index contributed by atoms with van der Waals surface area (Å²) in [6.07, 6.45) is -0.306. The van der Waals surface area contributed by atoms with Crippen molar-refractivity contribution in [2.24, 2.45) is 0 Å². The Morgan fingerprint density at radius 2 is 1.60 bits per heavy atom. The van der Waals surface area contributed by atoms with Crippen molar-refractivity contribution in [3.05, 3.63) is 54.1 Å². The highest BCUT2D eigenvalue weighted by Gasteiger charge is 2.23. The molecule has 3 rings (SSSR count). The zero-order valence-corrected chi connectivity index (χ0v) is 14.3. The summed E-state index contributed by atoms with van der Waals surface area (Å²) in [6.45, 7) is 1.75. The molecule has 7 nitrogen and oxygen atoms in total. The van der Waals surface area contributed by atoms with Crippen molar-refractivity contribution in [2.45, 2.75) is 24.3 Å². The van der Waals surface area contributed by atoms with Crippen LogP contribution in [-0.2, 0) is 19.6 Å². The number of benzene rings is 2. The summed E-state index contributed by atoms with van der Waals surface area (Å²) in [4.78, 5) is 23.2. The first-order chi connectivity index (χ1) is 11.8. The maximum atomic E-state index is 12.6. The maximum Gasteiger partial charge on any atom is 0.241 e. The van der Waals surface area contributed by atoms with E-state index < -0.39 is 27.9 Å². The fourth-order valence-electron chi connectivity index (χ4n) is 2.55. The molecule has 8 heteroatoms. The van der Waals surface area contributed by atoms with Gasteiger partial charge in [0.15, 0.2) is 0 Å². The van der Waals surface area contributed by atoms with Gasteiger partial charge in [-0.2, -0.15) is 0 Å². The van der Waals surface area contributed by atoms with Crippen molar-refractivity contribution in [1.29, 1.82) is 0 Å². The number of hydrogen-bond donors (Lipinski definition) is 3. The Hall–Kier alpha value is -2.71. The maximum absolute atomic E-state index is 12.6. The largest absolute Gasteiger partial charge is 0.324 e. The Balaban J connectivity index is 1.88. The van der Waals surface area contributed by atoms with Crippen LogP contribution in [0, 0.1) is 0 Å². The molecule has 0 aliphatic carbocycles. The Bertz CT molecular complexity index is 926. The van der Waals surface area contributed by atoms with Crippen LogP contribution in [0.3, 0.4) is 0 Å². The lowest BCUT2D eigenvalue weighted by molar-refractivity contribution is -0.123. The number of hydrogen-bond acceptors (Lipinski definition) is 4. The summed E-state index contributed by atoms with van der Waals surface area (Å²) in [5, 5.41) is 5.10. The minimum Gasteiger partial charge on any atom is -0.324 e. The second-order valence-electron chi connectivity index (χ2n) is 5.73. The SMILES string of the molecule is CC(NS(=O)(=O)c1ccc2c(c1)NC(=O)CC(=O)N2)c1ccccc1. The van der Waals surface area contributed by atoms with Crippen LogP contribution in [0.15, 0.2) is 53.4 Å². The fraction of sp³-hybridized carbons (Fsp3) is 0.176. The molecule has 0 radical (unpaired) electrons. The van der Waals surface area contributed by atoms with Crippen LogP contribution in [-0.4, -0.2) is 20.2 Å². The van der Waals surface area contributed by atoms with Gasteiger partial charge in [-0.25, -0.2) is 13.1 Å². The van der Waals surface area contributed by atoms with E-state index in [1.807, 2.05) is 30.3 Å². The summed E-state index contributed by atoms with van der Waals surface area (Å²) in [5.74, 6) is -0.931. The average Bonchev–Trinajstić information content (AvgIpc) is 2.70. The molecule has 0 saturated carbocycles. The summed E-state index contributed by atoms with van der Waals surface area (Å²) in [6, 6.07) is 12.9. The number of carbonyl (C=O) groups is 2. The van der Waals surface area contributed by atoms with Gasteiger partial charge in [-0.1, -0.05) is 30.3 Å². The zero-order valence-electron chi connectivity index (χ0n) is 13.4. The van der Waals surface area contributed by atoms with Gasteiger partial charge in [0.1, 0.15) is 6.42 Å². The van der Waals surface area contributed by atoms with E-state index in [1.165, 1.54) is 18.2 Å². The highest BCUT2D eigenvalue weighted by molar-refractivity contribution is 7.89. The second-order valence-corrected chi connectivity index (χ2v) is 7.45. The first-order valence-electron chi connectivity index (χ1n) is 7.66. The predicted molar refractivity (Wildman–Crippen MR) is 93.5 cm³/mol. The summed E-state index contributed by atoms with van der Waals surface area (Å²) in [5.41, 5.74) is 1.46. The molecule has 1 aliphatic rings. The van der Waals surface area contributed by atoms with Crippen LogP contribution in [0.2, 0.25) is 0 Å². The van der Waals surface area contributed by atoms with Crippen LogP contribution >= 0.6 is 0 Å². The van der Waals surface area contributed by atoms with Crippen LogP contribution in [0.4, 0.5) is 11.4 Å². The van der Waals surface area contributed by atoms with Gasteiger partial charge in [0.2, 0.25) is 21.8 Å². The second kappa shape index (κ2) is 6.66. The van der Waals surface area contributed by atoms with E-state index in [-0.39, 0.29) is 17.0 Å². The van der Waals surface area contributed by atoms with Crippen LogP contribution in [0.5, 0.6) is 0 Å². The van der Waals surface area contributed by atoms with Crippen molar-refractivity contribution >= 4 is 33.2 Å². The molecule has 2 aromatic carbocycles. The number of fused-ring (bicyclic) bond motifs is 1. The Labute approximate surface area is 145 Å². The first kappa shape index (κ1) is 17.1. The van der Waals surface area contributed by atoms with E-state index in [1.54, 1.807) is 6.92 Å². The molecule has 130 valence electrons. The van der Waals surface area contributed by atoms with E-state index in [4.69, 9.17) is 0 Å². The van der Waals surface area contributed by atoms with Gasteiger partial charge in [-0.05, 0) is 30.7 Å². The number of sulfonamides is 1. The highest BCUT2D eigenvalue weighted by Crippen LogP contribution is 2.28. The van der Waals surface area contributed by atoms with Crippen molar-refractivity contribution in [3.8, 4) is 0 Å². The lowest BCUT2D eigenvalue weighted by Crippen LogP contribution is -2.27. The van der Waals surface area contributed by atoms with Gasteiger partial charge < -0.3 is 10.6 Å². The molecule has 0 spiro atoms. The van der Waals surface area contributed by atoms with Gasteiger partial charge in [0, 0.05) is 6.04 Å². The van der Waals surface area contributed by atoms with Crippen molar-refractivity contribution < 1.29 is 18.0 Å². The lowest BCUT2D eigenvalue weighted by atomic mass is 10.1. The highest BCUT2D eigenvalue weighted by atomic mass is 32.2. The number of nitrogens with one attached hydrogen (secondary N) is 3. The topological polar surface area (TPSA) is 104 Å². The molecule has 0 aromatic heterocycles. The molecule has 1 atom stereocenters. The zero-order chi connectivity index (χ0) is 18.0. The standard InChI is InChI=1S/C17H17N3O4S/c1-11(12-5-3-2-4-6-12)20-25(23,24)13-7-8-14-15(9-13)19-17(22)10-16(21)18-14/h2-9,11,20H,10H2,1H3,(H,18,21)(H,19,22). The predicted octanol–water partition coefficient (Wildman–Crippen LogP) is 2.01. The van der Waals surface area contributed by atoms with E-state index in [0.29, 0.717) is 5.69 Å². The average molecular weight is 359 g/mol. The molecule has 2 amide bonds. The van der Waals surface area contributed by atoms with Crippen LogP contribution in [0.25, 0.3) is 0 Å². The molecule has 1 heterocycles. The van der Waals surface area contributed by atoms with E-state index in [9.17, 15) is 18.0 Å². The van der Waals surface area contributed by atoms with Gasteiger partial charge in [-0.15, -0.1) is 0 Å². The van der Waals surface area contributed by atoms with Crippen molar-refractivity contribution in [2.75, 3.05) is 10.6 Å². The normalized spacial score (nSPS) is 15.6. The monoisotopic (exact) mass is 359 g/mol. The number of amides is 2. The smallest absolute Gasteiger partial charge is 0.241 e. The summed E-state index contributed by atoms with van der Waals surface area (Å²) >= 11 is 0. The summed E-state index contributed by atoms with van der Waals surface area (Å²) in [7, 11) is -3.80. The molecule has 1 aliphatic heterocycles. The van der Waals surface area contributed by atoms with Gasteiger partial charge in [0.25, 0.3) is 0 Å². The fourth-order valence-corrected chi connectivity index (χ4v) is 3.81. The molecule has 0 bridgehead atoms. The number of rotatable bonds is 4. The molecular weight excluding hydrogens is 342 g/mol. The summed E-state index contributed by atoms with van der Waals surface area (Å²) < 4.78 is 27.8. The third-order valence-corrected chi connectivity index (χ3v) is 5.34. The van der Waals surface area contributed by atoms with Crippen molar-refractivity contribution in [1.82, 2.24) is 4.72 Å². The molecule has 1 unspecified atom stereocenters. The van der Waals surface area contributed by atoms with E-state index in [0.717, 1.165) is 5.56 Å². The molecule has 2 aromatic rings. The third-order valence-electron chi connectivity index (χ3n) is 3.80. The van der Waals surface area contributed by atoms with Gasteiger partial charge in [-0.3, -0.25) is 9.59 Å². The third kappa shape index (κ3) is 3.86. The molecular formula is C17H17N3O4S. The quantitative estimate of drug-likeness (QED) is 0.726. The number of anilines is 2. The van der Waals surface area contributed by atoms with Crippen molar-refractivity contribution in [3.63, 3.8) is 0 Å². The first-order valence-corrected chi connectivity index (χ1v) is 9.14. The van der Waals surface area contributed by atoms with Crippen LogP contribution in [0.1, 0.15) is 24.9 Å². The number of carbonyl (C=O) groups excluding carboxylic acids is 2. The molecule has 0 saturated heterocycles. The molecule has 0 fully saturated rings. The Morgan fingerprint density at radius 1 is 0.960 bits per heavy atom. The minimum atomic E-state index is -3.80. The lowest BCUT2D eigenvalue weighted by Gasteiger charge is -2.16. The van der Waals surface area contributed by atoms with E-state index in [2.05, 4.69) is 15.4 Å². The Kier molecular flexibility index (Phi) is 4.56. The minimum absolute atomic E-state index is 0.00507.